The first-order chi connectivity index (χ1) is 17.7. The minimum atomic E-state index is -0.708. The van der Waals surface area contributed by atoms with Crippen LogP contribution < -0.4 is 0 Å². The Morgan fingerprint density at radius 1 is 0.806 bits per heavy atom. The van der Waals surface area contributed by atoms with Crippen molar-refractivity contribution in [1.82, 2.24) is 0 Å². The summed E-state index contributed by atoms with van der Waals surface area (Å²) in [7, 11) is 0. The molecule has 3 rings (SSSR count). The molecule has 2 saturated carbocycles. The number of halogens is 1. The predicted molar refractivity (Wildman–Crippen MR) is 151 cm³/mol. The minimum absolute atomic E-state index is 0.708. The zero-order valence-corrected chi connectivity index (χ0v) is 22.9. The monoisotopic (exact) mass is 491 g/mol. The van der Waals surface area contributed by atoms with Crippen LogP contribution in [-0.4, -0.2) is 0 Å². The molecule has 0 bridgehead atoms. The molecular formula is C34H50FN. The molecule has 0 N–H and O–H groups in total. The van der Waals surface area contributed by atoms with Gasteiger partial charge >= 0.3 is 0 Å². The van der Waals surface area contributed by atoms with Crippen LogP contribution in [0, 0.1) is 35.0 Å². The van der Waals surface area contributed by atoms with Crippen molar-refractivity contribution in [3.8, 4) is 6.07 Å². The van der Waals surface area contributed by atoms with Crippen LogP contribution >= 0.6 is 0 Å². The highest BCUT2D eigenvalue weighted by atomic mass is 19.1. The maximum atomic E-state index is 12.8. The number of hydrogen-bond acceptors (Lipinski definition) is 1. The second-order valence-electron chi connectivity index (χ2n) is 11.7. The van der Waals surface area contributed by atoms with E-state index >= 15 is 0 Å². The molecule has 1 nitrogen and oxygen atoms in total. The lowest BCUT2D eigenvalue weighted by Crippen LogP contribution is -2.25. The number of hydrogen-bond donors (Lipinski definition) is 0. The molecule has 2 heteroatoms. The third kappa shape index (κ3) is 10.6. The average Bonchev–Trinajstić information content (AvgIpc) is 2.92. The molecule has 2 aliphatic carbocycles. The van der Waals surface area contributed by atoms with Gasteiger partial charge in [-0.3, -0.25) is 0 Å². The molecule has 0 atom stereocenters. The first kappa shape index (κ1) is 28.7. The number of allylic oxidation sites excluding steroid dienone is 4. The normalized spacial score (nSPS) is 25.2. The van der Waals surface area contributed by atoms with Crippen LogP contribution in [0.1, 0.15) is 121 Å². The smallest absolute Gasteiger partial charge is 0.195 e. The number of benzene rings is 1. The third-order valence-electron chi connectivity index (χ3n) is 9.10. The van der Waals surface area contributed by atoms with Gasteiger partial charge < -0.3 is 0 Å². The van der Waals surface area contributed by atoms with E-state index in [1.165, 1.54) is 132 Å². The Hall–Kier alpha value is -1.88. The van der Waals surface area contributed by atoms with Crippen LogP contribution in [0.2, 0.25) is 0 Å². The van der Waals surface area contributed by atoms with Crippen LogP contribution in [0.15, 0.2) is 48.3 Å². The molecule has 0 heterocycles. The van der Waals surface area contributed by atoms with E-state index in [0.29, 0.717) is 0 Å². The molecule has 0 aliphatic heterocycles. The highest BCUT2D eigenvalue weighted by Gasteiger charge is 2.30. The molecule has 0 radical (unpaired) electrons. The van der Waals surface area contributed by atoms with Gasteiger partial charge in [-0.25, -0.2) is 0 Å². The van der Waals surface area contributed by atoms with Crippen molar-refractivity contribution in [2.24, 2.45) is 23.7 Å². The molecular weight excluding hydrogens is 441 g/mol. The Morgan fingerprint density at radius 2 is 1.33 bits per heavy atom. The summed E-state index contributed by atoms with van der Waals surface area (Å²) in [6.45, 7) is 2.27. The van der Waals surface area contributed by atoms with E-state index in [0.717, 1.165) is 30.1 Å². The predicted octanol–water partition coefficient (Wildman–Crippen LogP) is 10.5. The summed E-state index contributed by atoms with van der Waals surface area (Å²) in [6, 6.07) is 11.0. The van der Waals surface area contributed by atoms with Gasteiger partial charge in [-0.2, -0.15) is 9.65 Å². The zero-order chi connectivity index (χ0) is 25.4. The van der Waals surface area contributed by atoms with Gasteiger partial charge in [0, 0.05) is 0 Å². The van der Waals surface area contributed by atoms with Gasteiger partial charge in [0.05, 0.1) is 0 Å². The van der Waals surface area contributed by atoms with Crippen molar-refractivity contribution in [3.05, 3.63) is 59.4 Å². The van der Waals surface area contributed by atoms with Crippen LogP contribution in [0.4, 0.5) is 4.39 Å². The summed E-state index contributed by atoms with van der Waals surface area (Å²) < 4.78 is 12.8. The fourth-order valence-electron chi connectivity index (χ4n) is 6.73. The fourth-order valence-corrected chi connectivity index (χ4v) is 6.73. The van der Waals surface area contributed by atoms with E-state index in [1.54, 1.807) is 6.08 Å². The molecule has 0 spiro atoms. The fraction of sp³-hybridized carbons (Fsp3) is 0.676. The number of unbranched alkanes of at least 4 members (excludes halogenated alkanes) is 3. The van der Waals surface area contributed by atoms with Gasteiger partial charge in [-0.1, -0.05) is 94.7 Å². The second kappa shape index (κ2) is 16.8. The van der Waals surface area contributed by atoms with Gasteiger partial charge in [0.15, 0.2) is 5.83 Å². The molecule has 2 aliphatic rings. The van der Waals surface area contributed by atoms with Crippen molar-refractivity contribution in [2.75, 3.05) is 0 Å². The van der Waals surface area contributed by atoms with Crippen LogP contribution in [0.3, 0.4) is 0 Å². The van der Waals surface area contributed by atoms with Crippen LogP contribution in [-0.2, 0) is 12.8 Å². The summed E-state index contributed by atoms with van der Waals surface area (Å²) >= 11 is 0. The third-order valence-corrected chi connectivity index (χ3v) is 9.10. The van der Waals surface area contributed by atoms with Crippen molar-refractivity contribution in [2.45, 2.75) is 122 Å². The Bertz CT molecular complexity index is 814. The van der Waals surface area contributed by atoms with E-state index in [-0.39, 0.29) is 0 Å². The highest BCUT2D eigenvalue weighted by molar-refractivity contribution is 5.22. The molecule has 0 aromatic heterocycles. The van der Waals surface area contributed by atoms with Crippen molar-refractivity contribution >= 4 is 0 Å². The van der Waals surface area contributed by atoms with Crippen molar-refractivity contribution in [3.63, 3.8) is 0 Å². The molecule has 1 aromatic rings. The second-order valence-corrected chi connectivity index (χ2v) is 11.7. The Morgan fingerprint density at radius 3 is 1.86 bits per heavy atom. The van der Waals surface area contributed by atoms with E-state index in [1.807, 2.05) is 6.08 Å². The summed E-state index contributed by atoms with van der Waals surface area (Å²) in [5.41, 5.74) is 3.03. The van der Waals surface area contributed by atoms with Gasteiger partial charge in [-0.05, 0) is 105 Å². The highest BCUT2D eigenvalue weighted by Crippen LogP contribution is 2.43. The lowest BCUT2D eigenvalue weighted by atomic mass is 9.68. The SMILES string of the molecule is CCCCCc1ccc(CCCC[C@H]2CC[C@H]([C@H]3CC[C@H](CCC=CC=C(F)C#N)CC3)CC2)cc1. The summed E-state index contributed by atoms with van der Waals surface area (Å²) in [5, 5.41) is 8.43. The number of nitriles is 1. The lowest BCUT2D eigenvalue weighted by Gasteiger charge is -2.38. The van der Waals surface area contributed by atoms with Gasteiger partial charge in [-0.15, -0.1) is 0 Å². The first-order valence-electron chi connectivity index (χ1n) is 15.2. The Labute approximate surface area is 221 Å². The maximum Gasteiger partial charge on any atom is 0.199 e. The van der Waals surface area contributed by atoms with Crippen molar-refractivity contribution < 1.29 is 4.39 Å². The molecule has 2 fully saturated rings. The summed E-state index contributed by atoms with van der Waals surface area (Å²) in [5.74, 6) is 3.06. The number of nitrogens with zero attached hydrogens (tertiary/aromatic N) is 1. The minimum Gasteiger partial charge on any atom is -0.195 e. The average molecular weight is 492 g/mol. The quantitative estimate of drug-likeness (QED) is 0.144. The van der Waals surface area contributed by atoms with Crippen molar-refractivity contribution in [1.29, 1.82) is 5.26 Å². The number of aryl methyl sites for hydroxylation is 2. The van der Waals surface area contributed by atoms with Gasteiger partial charge in [0.2, 0.25) is 0 Å². The molecule has 0 unspecified atom stereocenters. The molecule has 198 valence electrons. The van der Waals surface area contributed by atoms with E-state index < -0.39 is 5.83 Å². The van der Waals surface area contributed by atoms with E-state index in [4.69, 9.17) is 5.26 Å². The summed E-state index contributed by atoms with van der Waals surface area (Å²) in [6.07, 6.45) is 29.3. The summed E-state index contributed by atoms with van der Waals surface area (Å²) in [4.78, 5) is 0. The van der Waals surface area contributed by atoms with Crippen LogP contribution in [0.5, 0.6) is 0 Å². The van der Waals surface area contributed by atoms with Gasteiger partial charge in [0.1, 0.15) is 6.07 Å². The molecule has 0 amide bonds. The zero-order valence-electron chi connectivity index (χ0n) is 22.9. The Balaban J connectivity index is 1.22. The van der Waals surface area contributed by atoms with Crippen LogP contribution in [0.25, 0.3) is 0 Å². The number of rotatable bonds is 14. The van der Waals surface area contributed by atoms with E-state index in [9.17, 15) is 4.39 Å². The van der Waals surface area contributed by atoms with Gasteiger partial charge in [0.25, 0.3) is 0 Å². The van der Waals surface area contributed by atoms with E-state index in [2.05, 4.69) is 31.2 Å². The topological polar surface area (TPSA) is 23.8 Å². The largest absolute Gasteiger partial charge is 0.199 e. The molecule has 0 saturated heterocycles. The standard InChI is InChI=1S/C34H50FN/c1-2-3-5-10-28-15-17-29(18-16-28)12-8-9-13-31-21-25-33(26-22-31)32-23-19-30(20-24-32)11-6-4-7-14-34(35)27-36/h4,7,14-18,30-33H,2-3,5-6,8-13,19-26H2,1H3/t30-,31-,32-,33-. The Kier molecular flexibility index (Phi) is 13.4. The lowest BCUT2D eigenvalue weighted by molar-refractivity contribution is 0.140. The maximum absolute atomic E-state index is 12.8. The molecule has 1 aromatic carbocycles. The first-order valence-corrected chi connectivity index (χ1v) is 15.2. The molecule has 36 heavy (non-hydrogen) atoms.